The van der Waals surface area contributed by atoms with E-state index < -0.39 is 6.10 Å². The minimum absolute atomic E-state index is 0.0311. The molecule has 1 aliphatic rings. The van der Waals surface area contributed by atoms with Crippen LogP contribution in [0.15, 0.2) is 36.6 Å². The van der Waals surface area contributed by atoms with Crippen LogP contribution in [0, 0.1) is 0 Å². The lowest BCUT2D eigenvalue weighted by molar-refractivity contribution is -0.124. The molecular weight excluding hydrogens is 226 g/mol. The van der Waals surface area contributed by atoms with Crippen molar-refractivity contribution < 1.29 is 9.90 Å². The van der Waals surface area contributed by atoms with E-state index in [2.05, 4.69) is 13.0 Å². The fourth-order valence-electron chi connectivity index (χ4n) is 1.75. The second-order valence-corrected chi connectivity index (χ2v) is 4.51. The first kappa shape index (κ1) is 14.7. The van der Waals surface area contributed by atoms with Crippen molar-refractivity contribution in [3.8, 4) is 0 Å². The molecule has 1 aliphatic heterocycles. The first-order valence-electron chi connectivity index (χ1n) is 6.74. The first-order chi connectivity index (χ1) is 8.74. The Bertz CT molecular complexity index is 331. The van der Waals surface area contributed by atoms with Crippen molar-refractivity contribution in [1.82, 2.24) is 4.90 Å². The van der Waals surface area contributed by atoms with Crippen LogP contribution in [0.1, 0.15) is 39.0 Å². The van der Waals surface area contributed by atoms with Crippen molar-refractivity contribution >= 4 is 5.91 Å². The summed E-state index contributed by atoms with van der Waals surface area (Å²) in [6.45, 7) is 2.77. The van der Waals surface area contributed by atoms with E-state index in [1.807, 2.05) is 6.08 Å². The Morgan fingerprint density at radius 1 is 1.44 bits per heavy atom. The van der Waals surface area contributed by atoms with Gasteiger partial charge in [0.05, 0.1) is 6.10 Å². The Hall–Kier alpha value is -1.35. The molecule has 0 aromatic rings. The number of carbonyl (C=O) groups is 1. The highest BCUT2D eigenvalue weighted by Crippen LogP contribution is 2.07. The lowest BCUT2D eigenvalue weighted by Crippen LogP contribution is -2.30. The normalized spacial score (nSPS) is 20.1. The van der Waals surface area contributed by atoms with Gasteiger partial charge in [-0.2, -0.15) is 0 Å². The zero-order valence-electron chi connectivity index (χ0n) is 11.1. The Balaban J connectivity index is 2.25. The van der Waals surface area contributed by atoms with Crippen molar-refractivity contribution in [1.29, 1.82) is 0 Å². The van der Waals surface area contributed by atoms with E-state index in [0.29, 0.717) is 13.0 Å². The van der Waals surface area contributed by atoms with Crippen molar-refractivity contribution in [2.24, 2.45) is 0 Å². The van der Waals surface area contributed by atoms with E-state index in [0.717, 1.165) is 6.42 Å². The number of carbonyl (C=O) groups excluding carboxylic acids is 1. The standard InChI is InChI=1S/C15H23NO2/c1-2-3-4-5-6-7-8-9-15(18)16-12-10-14(17)11-13-16/h6-10,12,14,17H,2-5,11,13H2,1H3/b7-6+,9-8+/t14-/m1/s1. The first-order valence-corrected chi connectivity index (χ1v) is 6.74. The molecule has 0 saturated heterocycles. The number of amides is 1. The third-order valence-electron chi connectivity index (χ3n) is 2.90. The second kappa shape index (κ2) is 8.70. The van der Waals surface area contributed by atoms with Crippen molar-refractivity contribution in [3.05, 3.63) is 36.6 Å². The highest BCUT2D eigenvalue weighted by Gasteiger charge is 2.13. The smallest absolute Gasteiger partial charge is 0.250 e. The number of aliphatic hydroxyl groups excluding tert-OH is 1. The number of aliphatic hydroxyl groups is 1. The van der Waals surface area contributed by atoms with Crippen LogP contribution >= 0.6 is 0 Å². The van der Waals surface area contributed by atoms with Gasteiger partial charge in [0, 0.05) is 18.8 Å². The largest absolute Gasteiger partial charge is 0.389 e. The molecule has 18 heavy (non-hydrogen) atoms. The number of hydrogen-bond donors (Lipinski definition) is 1. The molecule has 0 saturated carbocycles. The molecular formula is C15H23NO2. The van der Waals surface area contributed by atoms with Gasteiger partial charge in [0.15, 0.2) is 0 Å². The summed E-state index contributed by atoms with van der Waals surface area (Å²) in [6.07, 6.45) is 15.7. The summed E-state index contributed by atoms with van der Waals surface area (Å²) >= 11 is 0. The zero-order chi connectivity index (χ0) is 13.2. The topological polar surface area (TPSA) is 40.5 Å². The highest BCUT2D eigenvalue weighted by atomic mass is 16.3. The highest BCUT2D eigenvalue weighted by molar-refractivity contribution is 5.88. The molecule has 0 aliphatic carbocycles. The van der Waals surface area contributed by atoms with Crippen LogP contribution in [0.3, 0.4) is 0 Å². The van der Waals surface area contributed by atoms with Gasteiger partial charge in [-0.05, 0) is 25.3 Å². The molecule has 3 nitrogen and oxygen atoms in total. The SMILES string of the molecule is CCCCC/C=C/C=C/C(=O)N1C=C[C@@H](O)CC1. The number of nitrogens with zero attached hydrogens (tertiary/aromatic N) is 1. The molecule has 1 amide bonds. The van der Waals surface area contributed by atoms with Gasteiger partial charge in [-0.3, -0.25) is 4.79 Å². The molecule has 1 heterocycles. The van der Waals surface area contributed by atoms with Gasteiger partial charge in [-0.15, -0.1) is 0 Å². The minimum Gasteiger partial charge on any atom is -0.389 e. The van der Waals surface area contributed by atoms with Crippen LogP contribution in [0.2, 0.25) is 0 Å². The third-order valence-corrected chi connectivity index (χ3v) is 2.90. The maximum atomic E-state index is 11.7. The summed E-state index contributed by atoms with van der Waals surface area (Å²) in [7, 11) is 0. The Morgan fingerprint density at radius 3 is 2.94 bits per heavy atom. The van der Waals surface area contributed by atoms with E-state index in [4.69, 9.17) is 0 Å². The minimum atomic E-state index is -0.406. The van der Waals surface area contributed by atoms with Crippen LogP contribution in [-0.2, 0) is 4.79 Å². The van der Waals surface area contributed by atoms with Crippen LogP contribution in [0.25, 0.3) is 0 Å². The second-order valence-electron chi connectivity index (χ2n) is 4.51. The van der Waals surface area contributed by atoms with Crippen LogP contribution in [0.5, 0.6) is 0 Å². The summed E-state index contributed by atoms with van der Waals surface area (Å²) in [5.74, 6) is -0.0311. The van der Waals surface area contributed by atoms with Crippen molar-refractivity contribution in [2.75, 3.05) is 6.54 Å². The van der Waals surface area contributed by atoms with E-state index in [9.17, 15) is 9.90 Å². The maximum absolute atomic E-state index is 11.7. The van der Waals surface area contributed by atoms with Crippen molar-refractivity contribution in [2.45, 2.75) is 45.1 Å². The number of hydrogen-bond acceptors (Lipinski definition) is 2. The molecule has 100 valence electrons. The van der Waals surface area contributed by atoms with E-state index >= 15 is 0 Å². The van der Waals surface area contributed by atoms with E-state index in [-0.39, 0.29) is 5.91 Å². The predicted molar refractivity (Wildman–Crippen MR) is 73.9 cm³/mol. The Labute approximate surface area is 109 Å². The molecule has 0 radical (unpaired) electrons. The summed E-state index contributed by atoms with van der Waals surface area (Å²) < 4.78 is 0. The number of unbranched alkanes of at least 4 members (excludes halogenated alkanes) is 3. The molecule has 1 rings (SSSR count). The van der Waals surface area contributed by atoms with Gasteiger partial charge < -0.3 is 10.0 Å². The molecule has 0 aromatic carbocycles. The van der Waals surface area contributed by atoms with Gasteiger partial charge >= 0.3 is 0 Å². The monoisotopic (exact) mass is 249 g/mol. The molecule has 1 atom stereocenters. The molecule has 0 unspecified atom stereocenters. The van der Waals surface area contributed by atoms with Gasteiger partial charge in [0.2, 0.25) is 5.91 Å². The van der Waals surface area contributed by atoms with E-state index in [1.54, 1.807) is 29.3 Å². The maximum Gasteiger partial charge on any atom is 0.250 e. The number of allylic oxidation sites excluding steroid dienone is 3. The predicted octanol–water partition coefficient (Wildman–Crippen LogP) is 2.79. The van der Waals surface area contributed by atoms with Gasteiger partial charge in [-0.25, -0.2) is 0 Å². The molecule has 0 fully saturated rings. The lowest BCUT2D eigenvalue weighted by Gasteiger charge is -2.22. The van der Waals surface area contributed by atoms with Crippen LogP contribution in [-0.4, -0.2) is 28.6 Å². The average Bonchev–Trinajstić information content (AvgIpc) is 2.38. The summed E-state index contributed by atoms with van der Waals surface area (Å²) in [5, 5.41) is 9.27. The van der Waals surface area contributed by atoms with Crippen LogP contribution in [0.4, 0.5) is 0 Å². The quantitative estimate of drug-likeness (QED) is 0.447. The van der Waals surface area contributed by atoms with Crippen molar-refractivity contribution in [3.63, 3.8) is 0 Å². The third kappa shape index (κ3) is 5.82. The summed E-state index contributed by atoms with van der Waals surface area (Å²) in [4.78, 5) is 13.3. The molecule has 0 aromatic heterocycles. The average molecular weight is 249 g/mol. The van der Waals surface area contributed by atoms with Gasteiger partial charge in [0.25, 0.3) is 0 Å². The number of rotatable bonds is 6. The molecule has 0 spiro atoms. The van der Waals surface area contributed by atoms with Crippen LogP contribution < -0.4 is 0 Å². The molecule has 0 bridgehead atoms. The summed E-state index contributed by atoms with van der Waals surface area (Å²) in [6, 6.07) is 0. The Morgan fingerprint density at radius 2 is 2.28 bits per heavy atom. The summed E-state index contributed by atoms with van der Waals surface area (Å²) in [5.41, 5.74) is 0. The molecule has 3 heteroatoms. The fraction of sp³-hybridized carbons (Fsp3) is 0.533. The lowest BCUT2D eigenvalue weighted by atomic mass is 10.2. The zero-order valence-corrected chi connectivity index (χ0v) is 11.1. The fourth-order valence-corrected chi connectivity index (χ4v) is 1.75. The van der Waals surface area contributed by atoms with E-state index in [1.165, 1.54) is 19.3 Å². The Kier molecular flexibility index (Phi) is 7.11. The van der Waals surface area contributed by atoms with Gasteiger partial charge in [-0.1, -0.05) is 38.0 Å². The molecule has 1 N–H and O–H groups in total. The van der Waals surface area contributed by atoms with Gasteiger partial charge in [0.1, 0.15) is 0 Å².